The maximum absolute atomic E-state index is 11.8. The van der Waals surface area contributed by atoms with Crippen LogP contribution in [0.15, 0.2) is 6.20 Å². The number of Topliss-reactive ketones (excluding diaryl/α,β-unsaturated/α-hetero) is 1. The minimum atomic E-state index is -0.396. The number of nitrogens with zero attached hydrogens (tertiary/aromatic N) is 2. The largest absolute Gasteiger partial charge is 0.469 e. The van der Waals surface area contributed by atoms with Crippen LogP contribution in [0.4, 0.5) is 0 Å². The summed E-state index contributed by atoms with van der Waals surface area (Å²) in [5, 5.41) is 4.53. The number of rotatable bonds is 8. The van der Waals surface area contributed by atoms with Crippen LogP contribution in [0.1, 0.15) is 18.5 Å². The molecule has 106 valence electrons. The van der Waals surface area contributed by atoms with Gasteiger partial charge in [-0.3, -0.25) is 14.3 Å². The fourth-order valence-corrected chi connectivity index (χ4v) is 1.76. The van der Waals surface area contributed by atoms with Crippen LogP contribution in [0.5, 0.6) is 0 Å². The number of esters is 1. The molecule has 0 amide bonds. The molecule has 1 rings (SSSR count). The number of carbonyl (C=O) groups is 2. The third-order valence-corrected chi connectivity index (χ3v) is 2.92. The second kappa shape index (κ2) is 7.91. The lowest BCUT2D eigenvalue weighted by atomic mass is 10.1. The Labute approximate surface area is 116 Å². The van der Waals surface area contributed by atoms with Crippen molar-refractivity contribution in [2.75, 3.05) is 20.8 Å². The van der Waals surface area contributed by atoms with E-state index in [1.165, 1.54) is 13.3 Å². The average molecular weight is 289 g/mol. The van der Waals surface area contributed by atoms with Crippen molar-refractivity contribution in [1.82, 2.24) is 9.78 Å². The number of hydrogen-bond acceptors (Lipinski definition) is 5. The number of aromatic nitrogens is 2. The van der Waals surface area contributed by atoms with Gasteiger partial charge in [0.15, 0.2) is 0 Å². The van der Waals surface area contributed by atoms with Crippen molar-refractivity contribution < 1.29 is 19.1 Å². The first kappa shape index (κ1) is 15.7. The lowest BCUT2D eigenvalue weighted by molar-refractivity contribution is -0.141. The van der Waals surface area contributed by atoms with E-state index in [1.807, 2.05) is 0 Å². The Morgan fingerprint density at radius 1 is 1.37 bits per heavy atom. The predicted octanol–water partition coefficient (Wildman–Crippen LogP) is 1.25. The molecule has 19 heavy (non-hydrogen) atoms. The molecule has 0 aliphatic rings. The molecule has 0 atom stereocenters. The Bertz CT molecular complexity index is 445. The van der Waals surface area contributed by atoms with Crippen LogP contribution in [0, 0.1) is 0 Å². The van der Waals surface area contributed by atoms with Gasteiger partial charge in [0, 0.05) is 20.0 Å². The van der Waals surface area contributed by atoms with E-state index in [1.54, 1.807) is 11.8 Å². The molecule has 7 heteroatoms. The van der Waals surface area contributed by atoms with E-state index >= 15 is 0 Å². The third kappa shape index (κ3) is 5.00. The molecule has 0 unspecified atom stereocenters. The number of carbonyl (C=O) groups excluding carboxylic acids is 2. The quantitative estimate of drug-likeness (QED) is 0.673. The summed E-state index contributed by atoms with van der Waals surface area (Å²) >= 11 is 5.99. The van der Waals surface area contributed by atoms with Gasteiger partial charge in [0.1, 0.15) is 5.78 Å². The van der Waals surface area contributed by atoms with E-state index in [4.69, 9.17) is 16.3 Å². The van der Waals surface area contributed by atoms with E-state index in [9.17, 15) is 9.59 Å². The van der Waals surface area contributed by atoms with Gasteiger partial charge in [-0.15, -0.1) is 0 Å². The molecule has 0 bridgehead atoms. The Morgan fingerprint density at radius 2 is 2.11 bits per heavy atom. The topological polar surface area (TPSA) is 70.4 Å². The monoisotopic (exact) mass is 288 g/mol. The molecule has 1 aromatic heterocycles. The molecular formula is C12H17ClN2O4. The summed E-state index contributed by atoms with van der Waals surface area (Å²) < 4.78 is 11.1. The van der Waals surface area contributed by atoms with Gasteiger partial charge >= 0.3 is 5.97 Å². The second-order valence-corrected chi connectivity index (χ2v) is 4.35. The van der Waals surface area contributed by atoms with Gasteiger partial charge < -0.3 is 9.47 Å². The third-order valence-electron chi connectivity index (χ3n) is 2.61. The minimum Gasteiger partial charge on any atom is -0.469 e. The second-order valence-electron chi connectivity index (χ2n) is 3.95. The van der Waals surface area contributed by atoms with Crippen LogP contribution in [0.2, 0.25) is 5.02 Å². The highest BCUT2D eigenvalue weighted by molar-refractivity contribution is 6.31. The smallest absolute Gasteiger partial charge is 0.305 e. The molecule has 0 aliphatic carbocycles. The molecule has 6 nitrogen and oxygen atoms in total. The summed E-state index contributed by atoms with van der Waals surface area (Å²) in [4.78, 5) is 22.7. The Kier molecular flexibility index (Phi) is 6.52. The van der Waals surface area contributed by atoms with Crippen molar-refractivity contribution in [3.8, 4) is 0 Å². The van der Waals surface area contributed by atoms with Crippen LogP contribution >= 0.6 is 11.6 Å². The van der Waals surface area contributed by atoms with Crippen molar-refractivity contribution >= 4 is 23.4 Å². The number of methoxy groups -OCH3 is 2. The summed E-state index contributed by atoms with van der Waals surface area (Å²) in [5.41, 5.74) is 0.647. The molecule has 0 spiro atoms. The van der Waals surface area contributed by atoms with Crippen LogP contribution in [0.3, 0.4) is 0 Å². The van der Waals surface area contributed by atoms with Gasteiger partial charge in [0.25, 0.3) is 0 Å². The lowest BCUT2D eigenvalue weighted by Gasteiger charge is -2.07. The zero-order chi connectivity index (χ0) is 14.3. The fraction of sp³-hybridized carbons (Fsp3) is 0.583. The summed E-state index contributed by atoms with van der Waals surface area (Å²) in [5.74, 6) is -0.473. The Balaban J connectivity index is 2.57. The van der Waals surface area contributed by atoms with Gasteiger partial charge in [-0.25, -0.2) is 0 Å². The Morgan fingerprint density at radius 3 is 2.74 bits per heavy atom. The summed E-state index contributed by atoms with van der Waals surface area (Å²) in [6.07, 6.45) is 1.87. The number of ether oxygens (including phenoxy) is 2. The van der Waals surface area contributed by atoms with Crippen LogP contribution in [0.25, 0.3) is 0 Å². The number of hydrogen-bond donors (Lipinski definition) is 0. The van der Waals surface area contributed by atoms with E-state index in [0.29, 0.717) is 23.9 Å². The first-order valence-electron chi connectivity index (χ1n) is 5.86. The zero-order valence-corrected chi connectivity index (χ0v) is 11.8. The Hall–Kier alpha value is -1.40. The average Bonchev–Trinajstić information content (AvgIpc) is 2.75. The highest BCUT2D eigenvalue weighted by Crippen LogP contribution is 2.16. The first-order chi connectivity index (χ1) is 9.08. The van der Waals surface area contributed by atoms with E-state index < -0.39 is 5.97 Å². The molecule has 0 N–H and O–H groups in total. The summed E-state index contributed by atoms with van der Waals surface area (Å²) in [6.45, 7) is 1.02. The van der Waals surface area contributed by atoms with Gasteiger partial charge in [0.05, 0.1) is 43.6 Å². The molecular weight excluding hydrogens is 272 g/mol. The maximum Gasteiger partial charge on any atom is 0.305 e. The molecule has 1 heterocycles. The SMILES string of the molecule is COCCn1ncc(Cl)c1CC(=O)CCC(=O)OC. The first-order valence-corrected chi connectivity index (χ1v) is 6.24. The molecule has 0 aliphatic heterocycles. The lowest BCUT2D eigenvalue weighted by Crippen LogP contribution is -2.14. The molecule has 0 saturated heterocycles. The van der Waals surface area contributed by atoms with Gasteiger partial charge in [-0.05, 0) is 0 Å². The highest BCUT2D eigenvalue weighted by atomic mass is 35.5. The molecule has 0 radical (unpaired) electrons. The molecule has 0 fully saturated rings. The summed E-state index contributed by atoms with van der Waals surface area (Å²) in [6, 6.07) is 0. The van der Waals surface area contributed by atoms with Crippen LogP contribution < -0.4 is 0 Å². The van der Waals surface area contributed by atoms with Crippen molar-refractivity contribution in [2.45, 2.75) is 25.8 Å². The normalized spacial score (nSPS) is 10.5. The highest BCUT2D eigenvalue weighted by Gasteiger charge is 2.14. The maximum atomic E-state index is 11.8. The predicted molar refractivity (Wildman–Crippen MR) is 69.1 cm³/mol. The van der Waals surface area contributed by atoms with Crippen LogP contribution in [-0.2, 0) is 32.0 Å². The van der Waals surface area contributed by atoms with Crippen molar-refractivity contribution in [3.63, 3.8) is 0 Å². The number of ketones is 1. The summed E-state index contributed by atoms with van der Waals surface area (Å²) in [7, 11) is 2.88. The van der Waals surface area contributed by atoms with E-state index in [-0.39, 0.29) is 25.0 Å². The standard InChI is InChI=1S/C12H17ClN2O4/c1-18-6-5-15-11(10(13)8-14-15)7-9(16)3-4-12(17)19-2/h8H,3-7H2,1-2H3. The number of halogens is 1. The van der Waals surface area contributed by atoms with E-state index in [2.05, 4.69) is 9.84 Å². The molecule has 0 saturated carbocycles. The van der Waals surface area contributed by atoms with Crippen molar-refractivity contribution in [1.29, 1.82) is 0 Å². The minimum absolute atomic E-state index is 0.0773. The molecule has 0 aromatic carbocycles. The molecule has 1 aromatic rings. The van der Waals surface area contributed by atoms with E-state index in [0.717, 1.165) is 0 Å². The van der Waals surface area contributed by atoms with Crippen molar-refractivity contribution in [3.05, 3.63) is 16.9 Å². The fourth-order valence-electron chi connectivity index (χ4n) is 1.55. The van der Waals surface area contributed by atoms with Gasteiger partial charge in [-0.1, -0.05) is 11.6 Å². The van der Waals surface area contributed by atoms with Gasteiger partial charge in [-0.2, -0.15) is 5.10 Å². The van der Waals surface area contributed by atoms with Crippen molar-refractivity contribution in [2.24, 2.45) is 0 Å². The zero-order valence-electron chi connectivity index (χ0n) is 11.0. The van der Waals surface area contributed by atoms with Crippen LogP contribution in [-0.4, -0.2) is 42.4 Å². The van der Waals surface area contributed by atoms with Gasteiger partial charge in [0.2, 0.25) is 0 Å².